The highest BCUT2D eigenvalue weighted by molar-refractivity contribution is 7.09. The van der Waals surface area contributed by atoms with Crippen LogP contribution in [0, 0.1) is 0 Å². The minimum Gasteiger partial charge on any atom is -0.329 e. The molecular formula is C13H23N3S. The molecule has 1 fully saturated rings. The zero-order chi connectivity index (χ0) is 12.3. The van der Waals surface area contributed by atoms with Gasteiger partial charge in [-0.15, -0.1) is 11.3 Å². The van der Waals surface area contributed by atoms with Crippen molar-refractivity contribution in [2.45, 2.75) is 38.5 Å². The largest absolute Gasteiger partial charge is 0.329 e. The number of nitrogens with zero attached hydrogens (tertiary/aromatic N) is 2. The van der Waals surface area contributed by atoms with Crippen LogP contribution in [0.25, 0.3) is 0 Å². The summed E-state index contributed by atoms with van der Waals surface area (Å²) in [6, 6.07) is 0. The van der Waals surface area contributed by atoms with Gasteiger partial charge in [0.1, 0.15) is 0 Å². The van der Waals surface area contributed by atoms with Gasteiger partial charge >= 0.3 is 0 Å². The summed E-state index contributed by atoms with van der Waals surface area (Å²) >= 11 is 1.82. The first-order chi connectivity index (χ1) is 8.20. The number of nitrogens with two attached hydrogens (primary N) is 1. The molecule has 1 aliphatic heterocycles. The second kappa shape index (κ2) is 5.94. The maximum atomic E-state index is 5.59. The van der Waals surface area contributed by atoms with E-state index in [4.69, 9.17) is 10.7 Å². The van der Waals surface area contributed by atoms with Crippen molar-refractivity contribution in [1.82, 2.24) is 9.88 Å². The third kappa shape index (κ3) is 3.27. The summed E-state index contributed by atoms with van der Waals surface area (Å²) in [5.41, 5.74) is 6.91. The van der Waals surface area contributed by atoms with Crippen LogP contribution in [0.3, 0.4) is 0 Å². The molecule has 96 valence electrons. The van der Waals surface area contributed by atoms with E-state index in [0.29, 0.717) is 11.8 Å². The molecule has 1 aliphatic rings. The van der Waals surface area contributed by atoms with Crippen molar-refractivity contribution in [1.29, 1.82) is 0 Å². The first-order valence-electron chi connectivity index (χ1n) is 6.58. The smallest absolute Gasteiger partial charge is 0.0953 e. The van der Waals surface area contributed by atoms with Crippen LogP contribution in [0.1, 0.15) is 49.2 Å². The average Bonchev–Trinajstić information content (AvgIpc) is 2.80. The van der Waals surface area contributed by atoms with E-state index in [1.165, 1.54) is 36.6 Å². The molecule has 2 rings (SSSR count). The Morgan fingerprint density at radius 2 is 2.18 bits per heavy atom. The maximum Gasteiger partial charge on any atom is 0.0953 e. The Labute approximate surface area is 108 Å². The molecule has 1 aromatic heterocycles. The van der Waals surface area contributed by atoms with Crippen molar-refractivity contribution >= 4 is 11.3 Å². The summed E-state index contributed by atoms with van der Waals surface area (Å²) in [5, 5.41) is 3.54. The Morgan fingerprint density at radius 3 is 2.71 bits per heavy atom. The molecule has 1 aromatic rings. The summed E-state index contributed by atoms with van der Waals surface area (Å²) in [5.74, 6) is 1.24. The van der Waals surface area contributed by atoms with Crippen LogP contribution in [0.2, 0.25) is 0 Å². The lowest BCUT2D eigenvalue weighted by atomic mass is 9.94. The standard InChI is InChI=1S/C13H23N3S/c1-10(2)13-15-12(9-17-13)11-3-6-16(7-4-11)8-5-14/h9-11H,3-8,14H2,1-2H3. The summed E-state index contributed by atoms with van der Waals surface area (Å²) in [7, 11) is 0. The minimum absolute atomic E-state index is 0.561. The summed E-state index contributed by atoms with van der Waals surface area (Å²) in [6.45, 7) is 8.60. The van der Waals surface area contributed by atoms with Crippen molar-refractivity contribution in [3.05, 3.63) is 16.1 Å². The van der Waals surface area contributed by atoms with E-state index >= 15 is 0 Å². The van der Waals surface area contributed by atoms with Crippen LogP contribution < -0.4 is 5.73 Å². The Balaban J connectivity index is 1.91. The number of likely N-dealkylation sites (tertiary alicyclic amines) is 1. The highest BCUT2D eigenvalue weighted by Crippen LogP contribution is 2.30. The molecule has 0 spiro atoms. The number of aromatic nitrogens is 1. The highest BCUT2D eigenvalue weighted by atomic mass is 32.1. The van der Waals surface area contributed by atoms with E-state index in [-0.39, 0.29) is 0 Å². The van der Waals surface area contributed by atoms with E-state index in [1.807, 2.05) is 11.3 Å². The van der Waals surface area contributed by atoms with Gasteiger partial charge in [-0.05, 0) is 25.9 Å². The third-order valence-electron chi connectivity index (χ3n) is 3.48. The molecule has 0 aromatic carbocycles. The molecule has 1 saturated heterocycles. The number of rotatable bonds is 4. The van der Waals surface area contributed by atoms with E-state index in [0.717, 1.165) is 13.1 Å². The lowest BCUT2D eigenvalue weighted by Crippen LogP contribution is -2.36. The second-order valence-electron chi connectivity index (χ2n) is 5.17. The molecule has 0 aliphatic carbocycles. The molecule has 4 heteroatoms. The summed E-state index contributed by atoms with van der Waals surface area (Å²) in [4.78, 5) is 7.24. The molecule has 0 saturated carbocycles. The number of hydrogen-bond donors (Lipinski definition) is 1. The first kappa shape index (κ1) is 13.0. The summed E-state index contributed by atoms with van der Waals surface area (Å²) < 4.78 is 0. The zero-order valence-corrected chi connectivity index (χ0v) is 11.7. The lowest BCUT2D eigenvalue weighted by molar-refractivity contribution is 0.216. The Kier molecular flexibility index (Phi) is 4.54. The molecule has 17 heavy (non-hydrogen) atoms. The van der Waals surface area contributed by atoms with Crippen LogP contribution in [-0.4, -0.2) is 36.1 Å². The average molecular weight is 253 g/mol. The zero-order valence-electron chi connectivity index (χ0n) is 10.9. The highest BCUT2D eigenvalue weighted by Gasteiger charge is 2.22. The fraction of sp³-hybridized carbons (Fsp3) is 0.769. The molecule has 0 unspecified atom stereocenters. The normalized spacial score (nSPS) is 19.1. The number of thiazole rings is 1. The van der Waals surface area contributed by atoms with Gasteiger partial charge in [-0.1, -0.05) is 13.8 Å². The van der Waals surface area contributed by atoms with Crippen LogP contribution in [0.4, 0.5) is 0 Å². The van der Waals surface area contributed by atoms with Crippen molar-refractivity contribution in [3.63, 3.8) is 0 Å². The predicted octanol–water partition coefficient (Wildman–Crippen LogP) is 2.40. The number of piperidine rings is 1. The molecule has 2 N–H and O–H groups in total. The van der Waals surface area contributed by atoms with Crippen LogP contribution in [-0.2, 0) is 0 Å². The third-order valence-corrected chi connectivity index (χ3v) is 4.65. The fourth-order valence-electron chi connectivity index (χ4n) is 2.39. The quantitative estimate of drug-likeness (QED) is 0.896. The topological polar surface area (TPSA) is 42.2 Å². The molecule has 0 bridgehead atoms. The monoisotopic (exact) mass is 253 g/mol. The summed E-state index contributed by atoms with van der Waals surface area (Å²) in [6.07, 6.45) is 2.47. The van der Waals surface area contributed by atoms with Gasteiger partial charge in [0.25, 0.3) is 0 Å². The van der Waals surface area contributed by atoms with Gasteiger partial charge in [0.05, 0.1) is 10.7 Å². The van der Waals surface area contributed by atoms with Gasteiger partial charge in [-0.3, -0.25) is 0 Å². The van der Waals surface area contributed by atoms with Crippen LogP contribution >= 0.6 is 11.3 Å². The number of hydrogen-bond acceptors (Lipinski definition) is 4. The van der Waals surface area contributed by atoms with E-state index in [9.17, 15) is 0 Å². The Hall–Kier alpha value is -0.450. The van der Waals surface area contributed by atoms with Gasteiger partial charge in [-0.2, -0.15) is 0 Å². The molecule has 0 radical (unpaired) electrons. The van der Waals surface area contributed by atoms with Gasteiger partial charge < -0.3 is 10.6 Å². The van der Waals surface area contributed by atoms with E-state index in [2.05, 4.69) is 24.1 Å². The Morgan fingerprint density at radius 1 is 1.47 bits per heavy atom. The van der Waals surface area contributed by atoms with Gasteiger partial charge in [0.2, 0.25) is 0 Å². The van der Waals surface area contributed by atoms with Crippen molar-refractivity contribution < 1.29 is 0 Å². The van der Waals surface area contributed by atoms with E-state index < -0.39 is 0 Å². The van der Waals surface area contributed by atoms with Crippen molar-refractivity contribution in [3.8, 4) is 0 Å². The molecule has 0 amide bonds. The second-order valence-corrected chi connectivity index (χ2v) is 6.06. The van der Waals surface area contributed by atoms with Crippen LogP contribution in [0.5, 0.6) is 0 Å². The molecule has 2 heterocycles. The predicted molar refractivity (Wildman–Crippen MR) is 73.7 cm³/mol. The Bertz CT molecular complexity index is 340. The minimum atomic E-state index is 0.561. The fourth-order valence-corrected chi connectivity index (χ4v) is 3.31. The van der Waals surface area contributed by atoms with Crippen molar-refractivity contribution in [2.75, 3.05) is 26.2 Å². The van der Waals surface area contributed by atoms with E-state index in [1.54, 1.807) is 0 Å². The molecular weight excluding hydrogens is 230 g/mol. The maximum absolute atomic E-state index is 5.59. The SMILES string of the molecule is CC(C)c1nc(C2CCN(CCN)CC2)cs1. The van der Waals surface area contributed by atoms with Crippen molar-refractivity contribution in [2.24, 2.45) is 5.73 Å². The van der Waals surface area contributed by atoms with Gasteiger partial charge in [0.15, 0.2) is 0 Å². The van der Waals surface area contributed by atoms with Gasteiger partial charge in [0, 0.05) is 30.3 Å². The molecule has 3 nitrogen and oxygen atoms in total. The van der Waals surface area contributed by atoms with Gasteiger partial charge in [-0.25, -0.2) is 4.98 Å². The first-order valence-corrected chi connectivity index (χ1v) is 7.46. The molecule has 0 atom stereocenters. The van der Waals surface area contributed by atoms with Crippen LogP contribution in [0.15, 0.2) is 5.38 Å². The lowest BCUT2D eigenvalue weighted by Gasteiger charge is -2.30.